The molecule has 0 bridgehead atoms. The first-order valence-corrected chi connectivity index (χ1v) is 7.19. The van der Waals surface area contributed by atoms with Gasteiger partial charge in [-0.05, 0) is 36.8 Å². The fourth-order valence-corrected chi connectivity index (χ4v) is 1.81. The molecular formula is C17H18N2O4. The molecule has 2 aromatic rings. The number of hydrogen-bond donors (Lipinski definition) is 2. The van der Waals surface area contributed by atoms with Gasteiger partial charge in [0.25, 0.3) is 5.91 Å². The molecule has 0 unspecified atom stereocenters. The summed E-state index contributed by atoms with van der Waals surface area (Å²) in [5.41, 5.74) is 4.31. The SMILES string of the molecule is CCOC(=O)Nc1ccc(C(=O)NOCc2ccccc2)cc1. The van der Waals surface area contributed by atoms with E-state index in [1.165, 1.54) is 0 Å². The molecular weight excluding hydrogens is 296 g/mol. The number of ether oxygens (including phenoxy) is 1. The van der Waals surface area contributed by atoms with E-state index in [2.05, 4.69) is 10.8 Å². The van der Waals surface area contributed by atoms with Crippen LogP contribution >= 0.6 is 0 Å². The van der Waals surface area contributed by atoms with Gasteiger partial charge in [-0.25, -0.2) is 10.3 Å². The maximum Gasteiger partial charge on any atom is 0.411 e. The number of amides is 2. The number of carbonyl (C=O) groups is 2. The summed E-state index contributed by atoms with van der Waals surface area (Å²) in [4.78, 5) is 28.4. The highest BCUT2D eigenvalue weighted by Crippen LogP contribution is 2.10. The van der Waals surface area contributed by atoms with E-state index in [-0.39, 0.29) is 12.5 Å². The largest absolute Gasteiger partial charge is 0.450 e. The van der Waals surface area contributed by atoms with Gasteiger partial charge in [-0.15, -0.1) is 0 Å². The van der Waals surface area contributed by atoms with Gasteiger partial charge in [-0.2, -0.15) is 0 Å². The Morgan fingerprint density at radius 1 is 1.00 bits per heavy atom. The van der Waals surface area contributed by atoms with Crippen LogP contribution < -0.4 is 10.8 Å². The maximum absolute atomic E-state index is 11.9. The summed E-state index contributed by atoms with van der Waals surface area (Å²) in [7, 11) is 0. The second-order valence-corrected chi connectivity index (χ2v) is 4.63. The smallest absolute Gasteiger partial charge is 0.411 e. The molecule has 2 N–H and O–H groups in total. The third kappa shape index (κ3) is 5.44. The van der Waals surface area contributed by atoms with Crippen molar-refractivity contribution in [3.63, 3.8) is 0 Å². The van der Waals surface area contributed by atoms with E-state index in [1.54, 1.807) is 31.2 Å². The molecule has 6 nitrogen and oxygen atoms in total. The van der Waals surface area contributed by atoms with Crippen LogP contribution in [0.15, 0.2) is 54.6 Å². The third-order valence-electron chi connectivity index (χ3n) is 2.92. The van der Waals surface area contributed by atoms with Crippen molar-refractivity contribution < 1.29 is 19.2 Å². The lowest BCUT2D eigenvalue weighted by molar-refractivity contribution is 0.0233. The minimum absolute atomic E-state index is 0.287. The fraction of sp³-hybridized carbons (Fsp3) is 0.176. The summed E-state index contributed by atoms with van der Waals surface area (Å²) in [6, 6.07) is 15.9. The number of nitrogens with one attached hydrogen (secondary N) is 2. The molecule has 0 spiro atoms. The molecule has 0 atom stereocenters. The molecule has 0 fully saturated rings. The van der Waals surface area contributed by atoms with Crippen molar-refractivity contribution in [2.45, 2.75) is 13.5 Å². The molecule has 2 amide bonds. The quantitative estimate of drug-likeness (QED) is 0.803. The second kappa shape index (κ2) is 8.55. The first kappa shape index (κ1) is 16.5. The first-order valence-electron chi connectivity index (χ1n) is 7.19. The molecule has 2 rings (SSSR count). The van der Waals surface area contributed by atoms with Crippen LogP contribution in [-0.4, -0.2) is 18.6 Å². The highest BCUT2D eigenvalue weighted by molar-refractivity contribution is 5.94. The summed E-state index contributed by atoms with van der Waals surface area (Å²) in [6.07, 6.45) is -0.532. The van der Waals surface area contributed by atoms with Crippen LogP contribution in [0.2, 0.25) is 0 Å². The number of hydrogen-bond acceptors (Lipinski definition) is 4. The maximum atomic E-state index is 11.9. The summed E-state index contributed by atoms with van der Waals surface area (Å²) in [6.45, 7) is 2.31. The Bertz CT molecular complexity index is 641. The molecule has 0 radical (unpaired) electrons. The average molecular weight is 314 g/mol. The Labute approximate surface area is 134 Å². The van der Waals surface area contributed by atoms with Gasteiger partial charge in [0, 0.05) is 11.3 Å². The number of rotatable bonds is 6. The molecule has 0 aromatic heterocycles. The van der Waals surface area contributed by atoms with Gasteiger partial charge in [0.1, 0.15) is 0 Å². The summed E-state index contributed by atoms with van der Waals surface area (Å²) >= 11 is 0. The molecule has 0 aliphatic heterocycles. The molecule has 0 heterocycles. The van der Waals surface area contributed by atoms with Crippen LogP contribution in [0.3, 0.4) is 0 Å². The molecule has 0 aliphatic carbocycles. The normalized spacial score (nSPS) is 9.96. The van der Waals surface area contributed by atoms with E-state index >= 15 is 0 Å². The zero-order valence-corrected chi connectivity index (χ0v) is 12.7. The van der Waals surface area contributed by atoms with Crippen molar-refractivity contribution in [3.05, 3.63) is 65.7 Å². The average Bonchev–Trinajstić information content (AvgIpc) is 2.56. The minimum atomic E-state index is -0.532. The Kier molecular flexibility index (Phi) is 6.14. The van der Waals surface area contributed by atoms with Gasteiger partial charge in [0.05, 0.1) is 13.2 Å². The summed E-state index contributed by atoms with van der Waals surface area (Å²) in [5.74, 6) is -0.358. The lowest BCUT2D eigenvalue weighted by atomic mass is 10.2. The molecule has 0 saturated heterocycles. The van der Waals surface area contributed by atoms with E-state index in [9.17, 15) is 9.59 Å². The van der Waals surface area contributed by atoms with Crippen LogP contribution in [0, 0.1) is 0 Å². The van der Waals surface area contributed by atoms with Crippen molar-refractivity contribution in [1.29, 1.82) is 0 Å². The predicted molar refractivity (Wildman–Crippen MR) is 85.8 cm³/mol. The summed E-state index contributed by atoms with van der Waals surface area (Å²) in [5, 5.41) is 2.55. The van der Waals surface area contributed by atoms with Gasteiger partial charge in [0.2, 0.25) is 0 Å². The van der Waals surface area contributed by atoms with E-state index in [0.717, 1.165) is 5.56 Å². The van der Waals surface area contributed by atoms with Gasteiger partial charge in [-0.3, -0.25) is 14.9 Å². The lowest BCUT2D eigenvalue weighted by Gasteiger charge is -2.08. The van der Waals surface area contributed by atoms with Crippen LogP contribution in [0.5, 0.6) is 0 Å². The first-order chi connectivity index (χ1) is 11.2. The summed E-state index contributed by atoms with van der Waals surface area (Å²) < 4.78 is 4.77. The standard InChI is InChI=1S/C17H18N2O4/c1-2-22-17(21)18-15-10-8-14(9-11-15)16(20)19-23-12-13-6-4-3-5-7-13/h3-11H,2,12H2,1H3,(H,18,21)(H,19,20). The van der Waals surface area contributed by atoms with E-state index in [4.69, 9.17) is 9.57 Å². The number of hydroxylamine groups is 1. The topological polar surface area (TPSA) is 76.7 Å². The molecule has 0 aliphatic rings. The molecule has 120 valence electrons. The zero-order chi connectivity index (χ0) is 16.5. The monoisotopic (exact) mass is 314 g/mol. The predicted octanol–water partition coefficient (Wildman–Crippen LogP) is 3.12. The molecule has 2 aromatic carbocycles. The van der Waals surface area contributed by atoms with Crippen LogP contribution in [-0.2, 0) is 16.2 Å². The Hall–Kier alpha value is -2.86. The minimum Gasteiger partial charge on any atom is -0.450 e. The zero-order valence-electron chi connectivity index (χ0n) is 12.7. The second-order valence-electron chi connectivity index (χ2n) is 4.63. The number of benzene rings is 2. The van der Waals surface area contributed by atoms with Crippen molar-refractivity contribution in [3.8, 4) is 0 Å². The third-order valence-corrected chi connectivity index (χ3v) is 2.92. The van der Waals surface area contributed by atoms with Gasteiger partial charge >= 0.3 is 6.09 Å². The molecule has 23 heavy (non-hydrogen) atoms. The highest BCUT2D eigenvalue weighted by atomic mass is 16.6. The van der Waals surface area contributed by atoms with Crippen molar-refractivity contribution in [1.82, 2.24) is 5.48 Å². The van der Waals surface area contributed by atoms with Gasteiger partial charge in [-0.1, -0.05) is 30.3 Å². The molecule has 6 heteroatoms. The number of anilines is 1. The van der Waals surface area contributed by atoms with Gasteiger partial charge < -0.3 is 4.74 Å². The van der Waals surface area contributed by atoms with Gasteiger partial charge in [0.15, 0.2) is 0 Å². The lowest BCUT2D eigenvalue weighted by Crippen LogP contribution is -2.23. The van der Waals surface area contributed by atoms with Crippen LogP contribution in [0.4, 0.5) is 10.5 Å². The Balaban J connectivity index is 1.81. The van der Waals surface area contributed by atoms with Crippen LogP contribution in [0.25, 0.3) is 0 Å². The Morgan fingerprint density at radius 2 is 1.70 bits per heavy atom. The van der Waals surface area contributed by atoms with Crippen molar-refractivity contribution in [2.24, 2.45) is 0 Å². The Morgan fingerprint density at radius 3 is 2.35 bits per heavy atom. The van der Waals surface area contributed by atoms with E-state index in [1.807, 2.05) is 30.3 Å². The van der Waals surface area contributed by atoms with Crippen molar-refractivity contribution in [2.75, 3.05) is 11.9 Å². The fourth-order valence-electron chi connectivity index (χ4n) is 1.81. The van der Waals surface area contributed by atoms with E-state index < -0.39 is 6.09 Å². The number of carbonyl (C=O) groups excluding carboxylic acids is 2. The van der Waals surface area contributed by atoms with Crippen molar-refractivity contribution >= 4 is 17.7 Å². The van der Waals surface area contributed by atoms with E-state index in [0.29, 0.717) is 17.9 Å². The highest BCUT2D eigenvalue weighted by Gasteiger charge is 2.07. The van der Waals surface area contributed by atoms with Crippen LogP contribution in [0.1, 0.15) is 22.8 Å². The molecule has 0 saturated carbocycles.